The summed E-state index contributed by atoms with van der Waals surface area (Å²) < 4.78 is 9.97. The van der Waals surface area contributed by atoms with Gasteiger partial charge in [0, 0.05) is 65.9 Å². The van der Waals surface area contributed by atoms with Crippen LogP contribution in [0.4, 0.5) is 0 Å². The van der Waals surface area contributed by atoms with Gasteiger partial charge in [0.15, 0.2) is 0 Å². The molecular formula is C75H64N4. The van der Waals surface area contributed by atoms with Crippen molar-refractivity contribution in [3.05, 3.63) is 242 Å². The van der Waals surface area contributed by atoms with Crippen molar-refractivity contribution in [3.8, 4) is 33.6 Å². The van der Waals surface area contributed by atoms with Crippen LogP contribution >= 0.6 is 0 Å². The van der Waals surface area contributed by atoms with Crippen molar-refractivity contribution in [2.24, 2.45) is 0 Å². The molecule has 0 unspecified atom stereocenters. The van der Waals surface area contributed by atoms with Crippen LogP contribution < -0.4 is 0 Å². The van der Waals surface area contributed by atoms with Gasteiger partial charge in [-0.05, 0) is 167 Å². The lowest BCUT2D eigenvalue weighted by atomic mass is 9.86. The minimum absolute atomic E-state index is 0.00902. The van der Waals surface area contributed by atoms with E-state index in [0.29, 0.717) is 0 Å². The van der Waals surface area contributed by atoms with Gasteiger partial charge in [-0.2, -0.15) is 0 Å². The van der Waals surface area contributed by atoms with E-state index in [1.54, 1.807) is 0 Å². The van der Waals surface area contributed by atoms with Gasteiger partial charge in [0.25, 0.3) is 0 Å². The molecule has 0 saturated carbocycles. The Labute approximate surface area is 462 Å². The second-order valence-corrected chi connectivity index (χ2v) is 23.9. The molecule has 4 heterocycles. The van der Waals surface area contributed by atoms with E-state index < -0.39 is 0 Å². The molecule has 0 amide bonds. The molecule has 1 aliphatic rings. The van der Waals surface area contributed by atoms with Crippen molar-refractivity contribution in [2.75, 3.05) is 0 Å². The topological polar surface area (TPSA) is 19.7 Å². The Kier molecular flexibility index (Phi) is 11.0. The van der Waals surface area contributed by atoms with Gasteiger partial charge in [-0.1, -0.05) is 169 Å². The molecule has 0 N–H and O–H groups in total. The van der Waals surface area contributed by atoms with Gasteiger partial charge in [0.1, 0.15) is 0 Å². The number of hydrogen-bond acceptors (Lipinski definition) is 0. The molecule has 0 spiro atoms. The van der Waals surface area contributed by atoms with E-state index in [-0.39, 0.29) is 10.8 Å². The van der Waals surface area contributed by atoms with Gasteiger partial charge in [-0.3, -0.25) is 0 Å². The molecule has 4 heteroatoms. The first-order valence-electron chi connectivity index (χ1n) is 27.9. The maximum absolute atomic E-state index is 4.46. The third kappa shape index (κ3) is 7.64. The number of fused-ring (bicyclic) bond motifs is 14. The van der Waals surface area contributed by atoms with Crippen molar-refractivity contribution in [2.45, 2.75) is 72.6 Å². The standard InChI is InChI=1S/C75H64N4/c1-10-11-21-48(3)76-66-39-31-53(74(4,5)6)45-64(66)60-35-33-58-63-44-52(30-38-68(63)79(71(58)70(60)76)57-28-18-20-47(2)41-57)50-23-19-22-49(42-50)51-29-37-67-62(43-51)59-34-36-61-65-46-54(75(7,8)9)32-40-69(65)78(56-26-16-13-17-27-56)73(61)72(59)77(67)55-24-14-12-15-25-55/h10-19,21-46H,2,20H2,1,3-9H3. The Morgan fingerprint density at radius 2 is 0.886 bits per heavy atom. The monoisotopic (exact) mass is 1020 g/mol. The molecule has 0 atom stereocenters. The summed E-state index contributed by atoms with van der Waals surface area (Å²) in [6, 6.07) is 68.7. The molecule has 13 aromatic rings. The third-order valence-electron chi connectivity index (χ3n) is 16.8. The molecular weight excluding hydrogens is 957 g/mol. The molecule has 0 radical (unpaired) electrons. The van der Waals surface area contributed by atoms with Gasteiger partial charge in [0.2, 0.25) is 0 Å². The van der Waals surface area contributed by atoms with Crippen molar-refractivity contribution in [3.63, 3.8) is 0 Å². The molecule has 0 bridgehead atoms. The van der Waals surface area contributed by atoms with E-state index in [9.17, 15) is 0 Å². The summed E-state index contributed by atoms with van der Waals surface area (Å²) in [6.45, 7) is 22.6. The second kappa shape index (κ2) is 18.0. The fourth-order valence-corrected chi connectivity index (χ4v) is 12.8. The Balaban J connectivity index is 0.973. The van der Waals surface area contributed by atoms with Gasteiger partial charge in [-0.25, -0.2) is 0 Å². The summed E-state index contributed by atoms with van der Waals surface area (Å²) in [5.41, 5.74) is 22.7. The second-order valence-electron chi connectivity index (χ2n) is 23.9. The van der Waals surface area contributed by atoms with E-state index in [1.165, 1.54) is 126 Å². The Morgan fingerprint density at radius 1 is 0.443 bits per heavy atom. The number of rotatable bonds is 7. The lowest BCUT2D eigenvalue weighted by Gasteiger charge is -2.19. The minimum atomic E-state index is 0.00902. The van der Waals surface area contributed by atoms with Crippen LogP contribution in [0.15, 0.2) is 231 Å². The number of nitrogens with zero attached hydrogens (tertiary/aromatic N) is 4. The fourth-order valence-electron chi connectivity index (χ4n) is 12.8. The number of para-hydroxylation sites is 2. The normalized spacial score (nSPS) is 13.8. The van der Waals surface area contributed by atoms with Crippen LogP contribution in [0.2, 0.25) is 0 Å². The first-order chi connectivity index (χ1) is 38.2. The zero-order valence-corrected chi connectivity index (χ0v) is 46.5. The maximum atomic E-state index is 4.46. The predicted octanol–water partition coefficient (Wildman–Crippen LogP) is 20.8. The molecule has 0 fully saturated rings. The molecule has 9 aromatic carbocycles. The molecule has 1 aliphatic carbocycles. The summed E-state index contributed by atoms with van der Waals surface area (Å²) >= 11 is 0. The van der Waals surface area contributed by atoms with Crippen molar-refractivity contribution >= 4 is 98.6 Å². The smallest absolute Gasteiger partial charge is 0.0788 e. The maximum Gasteiger partial charge on any atom is 0.0788 e. The summed E-state index contributed by atoms with van der Waals surface area (Å²) in [5.74, 6) is 0. The van der Waals surface area contributed by atoms with Crippen LogP contribution in [0.1, 0.15) is 72.9 Å². The molecule has 14 rings (SSSR count). The van der Waals surface area contributed by atoms with Gasteiger partial charge >= 0.3 is 0 Å². The van der Waals surface area contributed by atoms with Gasteiger partial charge < -0.3 is 18.3 Å². The van der Waals surface area contributed by atoms with Crippen molar-refractivity contribution < 1.29 is 0 Å². The number of hydrogen-bond donors (Lipinski definition) is 0. The van der Waals surface area contributed by atoms with Crippen LogP contribution in [0.3, 0.4) is 0 Å². The van der Waals surface area contributed by atoms with E-state index in [4.69, 9.17) is 0 Å². The van der Waals surface area contributed by atoms with Crippen LogP contribution in [-0.2, 0) is 10.8 Å². The fraction of sp³-hybridized carbons (Fsp3) is 0.147. The average molecular weight is 1020 g/mol. The number of allylic oxidation sites excluding steroid dienone is 9. The SMILES string of the molecule is C=C1C=C(n2c3ccc(-c4cccc(-c5ccc6c(c5)c5ccc7c8cc(C(C)(C)C)ccc8n(-c8ccccc8)c7c5n6-c5ccccc5)c4)cc3c3ccc4c5cc(C(C)(C)C)ccc5n(C(C)=CC=CC)c4c32)C=CC1. The lowest BCUT2D eigenvalue weighted by Crippen LogP contribution is -2.10. The number of aromatic nitrogens is 4. The number of benzene rings is 9. The third-order valence-corrected chi connectivity index (χ3v) is 16.8. The van der Waals surface area contributed by atoms with E-state index in [2.05, 4.69) is 299 Å². The van der Waals surface area contributed by atoms with Gasteiger partial charge in [-0.15, -0.1) is 0 Å². The minimum Gasteiger partial charge on any atom is -0.311 e. The summed E-state index contributed by atoms with van der Waals surface area (Å²) in [5, 5.41) is 9.93. The largest absolute Gasteiger partial charge is 0.311 e. The van der Waals surface area contributed by atoms with E-state index >= 15 is 0 Å². The summed E-state index contributed by atoms with van der Waals surface area (Å²) in [7, 11) is 0. The van der Waals surface area contributed by atoms with E-state index in [1.807, 2.05) is 0 Å². The molecule has 4 nitrogen and oxygen atoms in total. The van der Waals surface area contributed by atoms with Crippen LogP contribution in [0, 0.1) is 0 Å². The molecule has 0 aliphatic heterocycles. The Bertz CT molecular complexity index is 4830. The first kappa shape index (κ1) is 48.3. The highest BCUT2D eigenvalue weighted by atomic mass is 15.1. The highest BCUT2D eigenvalue weighted by Gasteiger charge is 2.26. The van der Waals surface area contributed by atoms with Crippen molar-refractivity contribution in [1.29, 1.82) is 0 Å². The van der Waals surface area contributed by atoms with E-state index in [0.717, 1.165) is 29.1 Å². The van der Waals surface area contributed by atoms with Crippen LogP contribution in [-0.4, -0.2) is 18.3 Å². The van der Waals surface area contributed by atoms with Crippen LogP contribution in [0.25, 0.3) is 132 Å². The molecule has 0 saturated heterocycles. The Morgan fingerprint density at radius 3 is 1.39 bits per heavy atom. The lowest BCUT2D eigenvalue weighted by molar-refractivity contribution is 0.591. The highest BCUT2D eigenvalue weighted by Crippen LogP contribution is 2.47. The quantitative estimate of drug-likeness (QED) is 0.142. The first-order valence-corrected chi connectivity index (χ1v) is 27.9. The van der Waals surface area contributed by atoms with Gasteiger partial charge in [0.05, 0.1) is 44.1 Å². The zero-order valence-electron chi connectivity index (χ0n) is 46.5. The zero-order chi connectivity index (χ0) is 54.1. The molecule has 384 valence electrons. The predicted molar refractivity (Wildman–Crippen MR) is 341 cm³/mol. The molecule has 79 heavy (non-hydrogen) atoms. The van der Waals surface area contributed by atoms with Crippen LogP contribution in [0.5, 0.6) is 0 Å². The highest BCUT2D eigenvalue weighted by molar-refractivity contribution is 6.26. The molecule has 4 aromatic heterocycles. The average Bonchev–Trinajstić information content (AvgIpc) is 3.57. The van der Waals surface area contributed by atoms with Crippen molar-refractivity contribution in [1.82, 2.24) is 18.3 Å². The summed E-state index contributed by atoms with van der Waals surface area (Å²) in [4.78, 5) is 0. The Hall–Kier alpha value is -9.12. The summed E-state index contributed by atoms with van der Waals surface area (Å²) in [6.07, 6.45) is 14.1.